The van der Waals surface area contributed by atoms with Gasteiger partial charge in [0.15, 0.2) is 11.7 Å². The molecule has 2 heterocycles. The van der Waals surface area contributed by atoms with E-state index in [1.54, 1.807) is 28.6 Å². The summed E-state index contributed by atoms with van der Waals surface area (Å²) < 4.78 is 3.83. The first-order chi connectivity index (χ1) is 15.2. The molecule has 4 rings (SSSR count). The van der Waals surface area contributed by atoms with Gasteiger partial charge in [0.2, 0.25) is 5.91 Å². The monoisotopic (exact) mass is 435 g/mol. The lowest BCUT2D eigenvalue weighted by molar-refractivity contribution is -0.127. The highest BCUT2D eigenvalue weighted by molar-refractivity contribution is 7.03. The van der Waals surface area contributed by atoms with Crippen molar-refractivity contribution < 1.29 is 9.59 Å². The zero-order chi connectivity index (χ0) is 21.5. The number of pyridine rings is 1. The number of nitrogens with one attached hydrogen (secondary N) is 1. The second kappa shape index (κ2) is 10.3. The van der Waals surface area contributed by atoms with Crippen LogP contribution in [0.4, 0.5) is 0 Å². The van der Waals surface area contributed by atoms with Gasteiger partial charge in [-0.3, -0.25) is 14.6 Å². The molecule has 7 nitrogen and oxygen atoms in total. The van der Waals surface area contributed by atoms with Gasteiger partial charge in [-0.05, 0) is 42.1 Å². The maximum absolute atomic E-state index is 13.5. The van der Waals surface area contributed by atoms with Crippen LogP contribution in [-0.4, -0.2) is 37.3 Å². The number of carbonyl (C=O) groups excluding carboxylic acids is 2. The fourth-order valence-electron chi connectivity index (χ4n) is 3.97. The SMILES string of the molecule is O=C(NC1CCCCC1)[C@H](c1ccccn1)N(Cc1ccccc1)C(=O)c1csnn1. The van der Waals surface area contributed by atoms with Crippen molar-refractivity contribution in [3.05, 3.63) is 77.1 Å². The minimum atomic E-state index is -0.863. The molecule has 1 fully saturated rings. The Bertz CT molecular complexity index is 976. The number of rotatable bonds is 7. The van der Waals surface area contributed by atoms with Crippen molar-refractivity contribution in [2.75, 3.05) is 0 Å². The largest absolute Gasteiger partial charge is 0.351 e. The summed E-state index contributed by atoms with van der Waals surface area (Å²) in [6, 6.07) is 14.3. The highest BCUT2D eigenvalue weighted by Gasteiger charge is 2.35. The lowest BCUT2D eigenvalue weighted by Crippen LogP contribution is -2.47. The van der Waals surface area contributed by atoms with Crippen molar-refractivity contribution in [3.8, 4) is 0 Å². The maximum Gasteiger partial charge on any atom is 0.276 e. The van der Waals surface area contributed by atoms with E-state index in [9.17, 15) is 9.59 Å². The molecule has 1 aromatic carbocycles. The first-order valence-electron chi connectivity index (χ1n) is 10.6. The van der Waals surface area contributed by atoms with E-state index in [1.807, 2.05) is 36.4 Å². The fraction of sp³-hybridized carbons (Fsp3) is 0.348. The molecule has 1 aliphatic carbocycles. The minimum absolute atomic E-state index is 0.127. The van der Waals surface area contributed by atoms with Gasteiger partial charge in [-0.2, -0.15) is 0 Å². The Labute approximate surface area is 185 Å². The molecule has 31 heavy (non-hydrogen) atoms. The predicted molar refractivity (Wildman–Crippen MR) is 118 cm³/mol. The molecule has 0 bridgehead atoms. The third-order valence-corrected chi connectivity index (χ3v) is 6.02. The summed E-state index contributed by atoms with van der Waals surface area (Å²) in [6.07, 6.45) is 6.98. The summed E-state index contributed by atoms with van der Waals surface area (Å²) >= 11 is 1.11. The highest BCUT2D eigenvalue weighted by Crippen LogP contribution is 2.26. The van der Waals surface area contributed by atoms with E-state index in [1.165, 1.54) is 6.42 Å². The number of hydrogen-bond donors (Lipinski definition) is 1. The van der Waals surface area contributed by atoms with Crippen molar-refractivity contribution in [2.45, 2.75) is 50.7 Å². The first-order valence-corrected chi connectivity index (χ1v) is 11.4. The summed E-state index contributed by atoms with van der Waals surface area (Å²) in [5.74, 6) is -0.551. The van der Waals surface area contributed by atoms with E-state index in [0.29, 0.717) is 5.69 Å². The van der Waals surface area contributed by atoms with Crippen LogP contribution in [0.3, 0.4) is 0 Å². The molecule has 3 aromatic rings. The number of aromatic nitrogens is 3. The van der Waals surface area contributed by atoms with Crippen molar-refractivity contribution in [2.24, 2.45) is 0 Å². The molecular weight excluding hydrogens is 410 g/mol. The normalized spacial score (nSPS) is 15.2. The number of amides is 2. The molecule has 0 saturated heterocycles. The van der Waals surface area contributed by atoms with E-state index in [2.05, 4.69) is 19.9 Å². The Morgan fingerprint density at radius 1 is 1.06 bits per heavy atom. The van der Waals surface area contributed by atoms with Crippen molar-refractivity contribution in [3.63, 3.8) is 0 Å². The zero-order valence-corrected chi connectivity index (χ0v) is 18.0. The van der Waals surface area contributed by atoms with Crippen LogP contribution in [-0.2, 0) is 11.3 Å². The molecule has 8 heteroatoms. The molecule has 0 radical (unpaired) electrons. The number of benzene rings is 1. The molecule has 2 amide bonds. The number of hydrogen-bond acceptors (Lipinski definition) is 6. The van der Waals surface area contributed by atoms with Gasteiger partial charge in [0.1, 0.15) is 0 Å². The average Bonchev–Trinajstić information content (AvgIpc) is 3.35. The van der Waals surface area contributed by atoms with Crippen LogP contribution in [0.15, 0.2) is 60.1 Å². The topological polar surface area (TPSA) is 88.1 Å². The van der Waals surface area contributed by atoms with Crippen LogP contribution in [0.2, 0.25) is 0 Å². The van der Waals surface area contributed by atoms with Crippen molar-refractivity contribution in [1.82, 2.24) is 24.8 Å². The summed E-state index contributed by atoms with van der Waals surface area (Å²) in [5.41, 5.74) is 1.68. The van der Waals surface area contributed by atoms with Crippen molar-refractivity contribution in [1.29, 1.82) is 0 Å². The third kappa shape index (κ3) is 5.32. The second-order valence-electron chi connectivity index (χ2n) is 7.71. The van der Waals surface area contributed by atoms with Crippen LogP contribution >= 0.6 is 11.5 Å². The Morgan fingerprint density at radius 2 is 1.84 bits per heavy atom. The summed E-state index contributed by atoms with van der Waals surface area (Å²) in [5, 5.41) is 8.74. The maximum atomic E-state index is 13.5. The summed E-state index contributed by atoms with van der Waals surface area (Å²) in [6.45, 7) is 0.260. The molecule has 0 unspecified atom stereocenters. The Hall–Kier alpha value is -3.13. The fourth-order valence-corrected chi connectivity index (χ4v) is 4.40. The quantitative estimate of drug-likeness (QED) is 0.610. The summed E-state index contributed by atoms with van der Waals surface area (Å²) in [4.78, 5) is 33.0. The molecule has 1 N–H and O–H groups in total. The van der Waals surface area contributed by atoms with Crippen LogP contribution in [0.1, 0.15) is 59.9 Å². The van der Waals surface area contributed by atoms with Crippen LogP contribution in [0, 0.1) is 0 Å². The smallest absolute Gasteiger partial charge is 0.276 e. The summed E-state index contributed by atoms with van der Waals surface area (Å²) in [7, 11) is 0. The van der Waals surface area contributed by atoms with E-state index in [4.69, 9.17) is 0 Å². The van der Waals surface area contributed by atoms with E-state index >= 15 is 0 Å². The van der Waals surface area contributed by atoms with E-state index in [-0.39, 0.29) is 30.1 Å². The van der Waals surface area contributed by atoms with Crippen LogP contribution in [0.5, 0.6) is 0 Å². The van der Waals surface area contributed by atoms with E-state index in [0.717, 1.165) is 42.8 Å². The third-order valence-electron chi connectivity index (χ3n) is 5.52. The molecule has 160 valence electrons. The highest BCUT2D eigenvalue weighted by atomic mass is 32.1. The Morgan fingerprint density at radius 3 is 2.52 bits per heavy atom. The molecule has 1 saturated carbocycles. The van der Waals surface area contributed by atoms with Gasteiger partial charge < -0.3 is 10.2 Å². The zero-order valence-electron chi connectivity index (χ0n) is 17.2. The van der Waals surface area contributed by atoms with Crippen molar-refractivity contribution >= 4 is 23.3 Å². The molecule has 1 aliphatic rings. The van der Waals surface area contributed by atoms with Gasteiger partial charge in [-0.25, -0.2) is 0 Å². The minimum Gasteiger partial charge on any atom is -0.351 e. The first kappa shape index (κ1) is 21.1. The number of nitrogens with zero attached hydrogens (tertiary/aromatic N) is 4. The van der Waals surface area contributed by atoms with Gasteiger partial charge in [0.25, 0.3) is 5.91 Å². The lowest BCUT2D eigenvalue weighted by atomic mass is 9.95. The van der Waals surface area contributed by atoms with Gasteiger partial charge in [0, 0.05) is 24.2 Å². The molecule has 0 spiro atoms. The van der Waals surface area contributed by atoms with Gasteiger partial charge in [-0.1, -0.05) is 60.1 Å². The van der Waals surface area contributed by atoms with Gasteiger partial charge >= 0.3 is 0 Å². The lowest BCUT2D eigenvalue weighted by Gasteiger charge is -2.32. The molecule has 1 atom stereocenters. The predicted octanol–water partition coefficient (Wildman–Crippen LogP) is 3.77. The van der Waals surface area contributed by atoms with Crippen LogP contribution in [0.25, 0.3) is 0 Å². The Kier molecular flexibility index (Phi) is 6.99. The van der Waals surface area contributed by atoms with Crippen LogP contribution < -0.4 is 5.32 Å². The Balaban J connectivity index is 1.69. The van der Waals surface area contributed by atoms with Gasteiger partial charge in [0.05, 0.1) is 5.69 Å². The molecule has 2 aromatic heterocycles. The second-order valence-corrected chi connectivity index (χ2v) is 8.32. The standard InChI is InChI=1S/C23H25N5O2S/c29-22(25-18-11-5-2-6-12-18)21(19-13-7-8-14-24-19)28(15-17-9-3-1-4-10-17)23(30)20-16-31-27-26-20/h1,3-4,7-10,13-14,16,18,21H,2,5-6,11-12,15H2,(H,25,29)/t21-/m0/s1. The number of carbonyl (C=O) groups is 2. The average molecular weight is 436 g/mol. The molecular formula is C23H25N5O2S. The van der Waals surface area contributed by atoms with Gasteiger partial charge in [-0.15, -0.1) is 5.10 Å². The molecule has 0 aliphatic heterocycles. The van der Waals surface area contributed by atoms with E-state index < -0.39 is 6.04 Å².